The van der Waals surface area contributed by atoms with Gasteiger partial charge in [-0.2, -0.15) is 0 Å². The Labute approximate surface area is 100 Å². The van der Waals surface area contributed by atoms with E-state index in [4.69, 9.17) is 0 Å². The number of amides is 1. The molecule has 0 aliphatic carbocycles. The van der Waals surface area contributed by atoms with Crippen molar-refractivity contribution in [1.29, 1.82) is 0 Å². The third kappa shape index (κ3) is 5.53. The van der Waals surface area contributed by atoms with Gasteiger partial charge in [0.25, 0.3) is 0 Å². The fraction of sp³-hybridized carbons (Fsp3) is 0.929. The predicted octanol–water partition coefficient (Wildman–Crippen LogP) is 3.61. The summed E-state index contributed by atoms with van der Waals surface area (Å²) in [7, 11) is 0. The second kappa shape index (κ2) is 6.27. The topological polar surface area (TPSA) is 20.3 Å². The summed E-state index contributed by atoms with van der Waals surface area (Å²) in [5.74, 6) is 0.383. The van der Waals surface area contributed by atoms with E-state index in [-0.39, 0.29) is 0 Å². The Kier molecular flexibility index (Phi) is 5.30. The molecule has 0 saturated carbocycles. The van der Waals surface area contributed by atoms with Crippen molar-refractivity contribution in [2.24, 2.45) is 5.41 Å². The fourth-order valence-electron chi connectivity index (χ4n) is 2.23. The van der Waals surface area contributed by atoms with Crippen LogP contribution in [0.1, 0.15) is 65.7 Å². The van der Waals surface area contributed by atoms with E-state index in [9.17, 15) is 4.79 Å². The Morgan fingerprint density at radius 2 is 1.69 bits per heavy atom. The minimum atomic E-state index is 0.383. The summed E-state index contributed by atoms with van der Waals surface area (Å²) >= 11 is 0. The number of hydrogen-bond donors (Lipinski definition) is 0. The van der Waals surface area contributed by atoms with Crippen LogP contribution in [0.3, 0.4) is 0 Å². The quantitative estimate of drug-likeness (QED) is 0.655. The van der Waals surface area contributed by atoms with E-state index < -0.39 is 0 Å². The van der Waals surface area contributed by atoms with E-state index in [1.54, 1.807) is 0 Å². The van der Waals surface area contributed by atoms with Crippen LogP contribution in [-0.4, -0.2) is 23.9 Å². The maximum Gasteiger partial charge on any atom is 0.222 e. The fourth-order valence-corrected chi connectivity index (χ4v) is 2.23. The Balaban J connectivity index is 2.00. The molecule has 1 heterocycles. The van der Waals surface area contributed by atoms with E-state index in [2.05, 4.69) is 20.8 Å². The number of unbranched alkanes of at least 4 members (excludes halogenated alkanes) is 2. The highest BCUT2D eigenvalue weighted by atomic mass is 16.2. The molecule has 94 valence electrons. The zero-order valence-corrected chi connectivity index (χ0v) is 11.2. The van der Waals surface area contributed by atoms with E-state index in [0.717, 1.165) is 25.9 Å². The predicted molar refractivity (Wildman–Crippen MR) is 68.4 cm³/mol. The largest absolute Gasteiger partial charge is 0.343 e. The number of rotatable bonds is 5. The summed E-state index contributed by atoms with van der Waals surface area (Å²) in [5, 5.41) is 0. The van der Waals surface area contributed by atoms with Gasteiger partial charge in [0.1, 0.15) is 0 Å². The SMILES string of the molecule is CC(C)(C)CCCCCC(=O)N1CCCC1. The molecular weight excluding hydrogens is 198 g/mol. The molecule has 1 rings (SSSR count). The normalized spacial score (nSPS) is 16.8. The first-order valence-corrected chi connectivity index (χ1v) is 6.77. The van der Waals surface area contributed by atoms with Crippen LogP contribution in [0.2, 0.25) is 0 Å². The van der Waals surface area contributed by atoms with Crippen molar-refractivity contribution in [2.75, 3.05) is 13.1 Å². The van der Waals surface area contributed by atoms with Crippen molar-refractivity contribution in [1.82, 2.24) is 4.90 Å². The van der Waals surface area contributed by atoms with Gasteiger partial charge in [0.05, 0.1) is 0 Å². The third-order valence-electron chi connectivity index (χ3n) is 3.28. The van der Waals surface area contributed by atoms with Crippen molar-refractivity contribution in [2.45, 2.75) is 65.7 Å². The van der Waals surface area contributed by atoms with Gasteiger partial charge in [-0.1, -0.05) is 33.6 Å². The highest BCUT2D eigenvalue weighted by molar-refractivity contribution is 5.76. The van der Waals surface area contributed by atoms with Gasteiger partial charge in [0.15, 0.2) is 0 Å². The van der Waals surface area contributed by atoms with Gasteiger partial charge in [-0.3, -0.25) is 4.79 Å². The zero-order valence-electron chi connectivity index (χ0n) is 11.2. The molecule has 0 spiro atoms. The van der Waals surface area contributed by atoms with Crippen LogP contribution in [0.15, 0.2) is 0 Å². The number of nitrogens with zero attached hydrogens (tertiary/aromatic N) is 1. The molecule has 0 aromatic heterocycles. The molecule has 1 aliphatic rings. The number of likely N-dealkylation sites (tertiary alicyclic amines) is 1. The molecule has 0 unspecified atom stereocenters. The summed E-state index contributed by atoms with van der Waals surface area (Å²) in [6.45, 7) is 8.84. The number of carbonyl (C=O) groups is 1. The van der Waals surface area contributed by atoms with Crippen molar-refractivity contribution >= 4 is 5.91 Å². The van der Waals surface area contributed by atoms with Crippen molar-refractivity contribution in [3.05, 3.63) is 0 Å². The van der Waals surface area contributed by atoms with Gasteiger partial charge in [-0.15, -0.1) is 0 Å². The molecule has 0 aromatic carbocycles. The van der Waals surface area contributed by atoms with E-state index >= 15 is 0 Å². The van der Waals surface area contributed by atoms with E-state index in [0.29, 0.717) is 11.3 Å². The minimum Gasteiger partial charge on any atom is -0.343 e. The van der Waals surface area contributed by atoms with Gasteiger partial charge < -0.3 is 4.90 Å². The molecule has 2 nitrogen and oxygen atoms in total. The highest BCUT2D eigenvalue weighted by Gasteiger charge is 2.17. The molecule has 2 heteroatoms. The summed E-state index contributed by atoms with van der Waals surface area (Å²) in [4.78, 5) is 13.8. The van der Waals surface area contributed by atoms with Gasteiger partial charge in [0.2, 0.25) is 5.91 Å². The Morgan fingerprint density at radius 3 is 2.25 bits per heavy atom. The first kappa shape index (κ1) is 13.5. The zero-order chi connectivity index (χ0) is 12.0. The maximum atomic E-state index is 11.7. The van der Waals surface area contributed by atoms with Gasteiger partial charge in [0, 0.05) is 19.5 Å². The second-order valence-corrected chi connectivity index (χ2v) is 6.21. The molecule has 0 radical (unpaired) electrons. The average Bonchev–Trinajstić information content (AvgIpc) is 2.67. The summed E-state index contributed by atoms with van der Waals surface area (Å²) in [6.07, 6.45) is 7.99. The summed E-state index contributed by atoms with van der Waals surface area (Å²) in [5.41, 5.74) is 0.443. The molecular formula is C14H27NO. The standard InChI is InChI=1S/C14H27NO/c1-14(2,3)10-6-4-5-9-13(16)15-11-7-8-12-15/h4-12H2,1-3H3. The molecule has 1 fully saturated rings. The lowest BCUT2D eigenvalue weighted by Gasteiger charge is -2.18. The number of carbonyl (C=O) groups excluding carboxylic acids is 1. The van der Waals surface area contributed by atoms with Crippen LogP contribution in [0.4, 0.5) is 0 Å². The van der Waals surface area contributed by atoms with Crippen LogP contribution >= 0.6 is 0 Å². The Hall–Kier alpha value is -0.530. The van der Waals surface area contributed by atoms with Gasteiger partial charge in [-0.05, 0) is 31.1 Å². The van der Waals surface area contributed by atoms with E-state index in [1.807, 2.05) is 4.90 Å². The van der Waals surface area contributed by atoms with Crippen LogP contribution in [0.5, 0.6) is 0 Å². The first-order chi connectivity index (χ1) is 7.49. The van der Waals surface area contributed by atoms with Crippen LogP contribution < -0.4 is 0 Å². The van der Waals surface area contributed by atoms with Crippen LogP contribution in [-0.2, 0) is 4.79 Å². The molecule has 1 aliphatic heterocycles. The molecule has 1 amide bonds. The molecule has 16 heavy (non-hydrogen) atoms. The molecule has 0 N–H and O–H groups in total. The smallest absolute Gasteiger partial charge is 0.222 e. The third-order valence-corrected chi connectivity index (χ3v) is 3.28. The lowest BCUT2D eigenvalue weighted by molar-refractivity contribution is -0.130. The second-order valence-electron chi connectivity index (χ2n) is 6.21. The summed E-state index contributed by atoms with van der Waals surface area (Å²) in [6, 6.07) is 0. The van der Waals surface area contributed by atoms with Gasteiger partial charge in [-0.25, -0.2) is 0 Å². The van der Waals surface area contributed by atoms with Crippen molar-refractivity contribution in [3.8, 4) is 0 Å². The van der Waals surface area contributed by atoms with Crippen molar-refractivity contribution < 1.29 is 4.79 Å². The lowest BCUT2D eigenvalue weighted by atomic mass is 9.89. The van der Waals surface area contributed by atoms with Gasteiger partial charge >= 0.3 is 0 Å². The Morgan fingerprint density at radius 1 is 1.06 bits per heavy atom. The van der Waals surface area contributed by atoms with E-state index in [1.165, 1.54) is 32.1 Å². The monoisotopic (exact) mass is 225 g/mol. The molecule has 0 bridgehead atoms. The van der Waals surface area contributed by atoms with Crippen LogP contribution in [0, 0.1) is 5.41 Å². The molecule has 0 aromatic rings. The summed E-state index contributed by atoms with van der Waals surface area (Å²) < 4.78 is 0. The van der Waals surface area contributed by atoms with Crippen LogP contribution in [0.25, 0.3) is 0 Å². The minimum absolute atomic E-state index is 0.383. The number of hydrogen-bond acceptors (Lipinski definition) is 1. The Bertz CT molecular complexity index is 211. The molecule has 1 saturated heterocycles. The highest BCUT2D eigenvalue weighted by Crippen LogP contribution is 2.22. The first-order valence-electron chi connectivity index (χ1n) is 6.77. The maximum absolute atomic E-state index is 11.7. The van der Waals surface area contributed by atoms with Crippen molar-refractivity contribution in [3.63, 3.8) is 0 Å². The lowest BCUT2D eigenvalue weighted by Crippen LogP contribution is -2.27. The molecule has 0 atom stereocenters. The average molecular weight is 225 g/mol.